The Morgan fingerprint density at radius 2 is 1.59 bits per heavy atom. The van der Waals surface area contributed by atoms with E-state index in [0.29, 0.717) is 28.0 Å². The van der Waals surface area contributed by atoms with Crippen LogP contribution in [0.2, 0.25) is 5.02 Å². The summed E-state index contributed by atoms with van der Waals surface area (Å²) in [5, 5.41) is 0.911. The molecule has 4 nitrogen and oxygen atoms in total. The molecule has 0 radical (unpaired) electrons. The maximum atomic E-state index is 13.0. The molecule has 0 N–H and O–H groups in total. The van der Waals surface area contributed by atoms with Crippen LogP contribution in [0.15, 0.2) is 88.1 Å². The van der Waals surface area contributed by atoms with Gasteiger partial charge in [0.15, 0.2) is 5.76 Å². The number of carbonyl (C=O) groups is 1. The van der Waals surface area contributed by atoms with Crippen LogP contribution in [0.1, 0.15) is 12.0 Å². The van der Waals surface area contributed by atoms with Gasteiger partial charge in [-0.1, -0.05) is 54.1 Å². The quantitative estimate of drug-likeness (QED) is 0.403. The molecule has 0 spiro atoms. The summed E-state index contributed by atoms with van der Waals surface area (Å²) in [7, 11) is 0. The van der Waals surface area contributed by atoms with Crippen molar-refractivity contribution >= 4 is 28.5 Å². The van der Waals surface area contributed by atoms with E-state index in [9.17, 15) is 9.59 Å². The lowest BCUT2D eigenvalue weighted by molar-refractivity contribution is -0.134. The van der Waals surface area contributed by atoms with Gasteiger partial charge < -0.3 is 9.15 Å². The molecule has 3 aromatic carbocycles. The van der Waals surface area contributed by atoms with Gasteiger partial charge in [0, 0.05) is 17.0 Å². The third-order valence-corrected chi connectivity index (χ3v) is 4.79. The summed E-state index contributed by atoms with van der Waals surface area (Å²) in [5.74, 6) is -0.394. The number of esters is 1. The summed E-state index contributed by atoms with van der Waals surface area (Å²) < 4.78 is 11.5. The maximum absolute atomic E-state index is 13.0. The minimum absolute atomic E-state index is 0.107. The van der Waals surface area contributed by atoms with Gasteiger partial charge in [0.1, 0.15) is 5.58 Å². The number of fused-ring (bicyclic) bond motifs is 1. The lowest BCUT2D eigenvalue weighted by Crippen LogP contribution is -2.16. The van der Waals surface area contributed by atoms with Crippen LogP contribution in [-0.2, 0) is 11.2 Å². The maximum Gasteiger partial charge on any atom is 0.311 e. The molecule has 1 aromatic heterocycles. The van der Waals surface area contributed by atoms with Crippen molar-refractivity contribution in [3.63, 3.8) is 0 Å². The van der Waals surface area contributed by atoms with Crippen molar-refractivity contribution in [3.8, 4) is 17.1 Å². The molecule has 0 saturated carbocycles. The molecule has 1 heterocycles. The monoisotopic (exact) mass is 404 g/mol. The number of aryl methyl sites for hydroxylation is 1. The molecule has 144 valence electrons. The van der Waals surface area contributed by atoms with Gasteiger partial charge in [-0.15, -0.1) is 0 Å². The summed E-state index contributed by atoms with van der Waals surface area (Å²) in [4.78, 5) is 25.5. The van der Waals surface area contributed by atoms with E-state index < -0.39 is 5.97 Å². The van der Waals surface area contributed by atoms with Crippen molar-refractivity contribution in [2.24, 2.45) is 0 Å². The van der Waals surface area contributed by atoms with Crippen LogP contribution in [0.25, 0.3) is 22.3 Å². The Labute approximate surface area is 172 Å². The number of carbonyl (C=O) groups excluding carboxylic acids is 1. The lowest BCUT2D eigenvalue weighted by Gasteiger charge is -2.11. The van der Waals surface area contributed by atoms with Gasteiger partial charge in [0.25, 0.3) is 0 Å². The van der Waals surface area contributed by atoms with Crippen LogP contribution < -0.4 is 10.2 Å². The van der Waals surface area contributed by atoms with Crippen LogP contribution in [0.4, 0.5) is 0 Å². The Kier molecular flexibility index (Phi) is 5.45. The number of benzene rings is 3. The number of rotatable bonds is 5. The fourth-order valence-corrected chi connectivity index (χ4v) is 3.19. The van der Waals surface area contributed by atoms with Gasteiger partial charge in [-0.25, -0.2) is 0 Å². The third-order valence-electron chi connectivity index (χ3n) is 4.54. The topological polar surface area (TPSA) is 56.5 Å². The van der Waals surface area contributed by atoms with Crippen LogP contribution in [0, 0.1) is 0 Å². The second-order valence-electron chi connectivity index (χ2n) is 6.55. The van der Waals surface area contributed by atoms with Gasteiger partial charge in [-0.2, -0.15) is 0 Å². The van der Waals surface area contributed by atoms with E-state index in [1.165, 1.54) is 0 Å². The molecule has 0 fully saturated rings. The molecule has 0 atom stereocenters. The van der Waals surface area contributed by atoms with Gasteiger partial charge in [0.2, 0.25) is 11.2 Å². The van der Waals surface area contributed by atoms with Crippen LogP contribution in [0.5, 0.6) is 5.75 Å². The molecule has 0 saturated heterocycles. The molecule has 0 aliphatic rings. The minimum Gasteiger partial charge on any atom is -0.452 e. The third kappa shape index (κ3) is 4.23. The van der Waals surface area contributed by atoms with E-state index in [2.05, 4.69) is 0 Å². The number of hydrogen-bond acceptors (Lipinski definition) is 4. The SMILES string of the molecule is O=C(CCc1ccccc1)Oc1c(-c2ccc(Cl)cc2)oc2ccccc2c1=O. The average molecular weight is 405 g/mol. The number of halogens is 1. The molecule has 5 heteroatoms. The fourth-order valence-electron chi connectivity index (χ4n) is 3.06. The highest BCUT2D eigenvalue weighted by Gasteiger charge is 2.20. The van der Waals surface area contributed by atoms with Gasteiger partial charge in [-0.05, 0) is 48.4 Å². The smallest absolute Gasteiger partial charge is 0.311 e. The zero-order valence-electron chi connectivity index (χ0n) is 15.4. The summed E-state index contributed by atoms with van der Waals surface area (Å²) in [5.41, 5.74) is 1.66. The van der Waals surface area contributed by atoms with Gasteiger partial charge in [-0.3, -0.25) is 9.59 Å². The molecule has 29 heavy (non-hydrogen) atoms. The standard InChI is InChI=1S/C24H17ClO4/c25-18-13-11-17(12-14-18)23-24(22(27)19-8-4-5-9-20(19)28-23)29-21(26)15-10-16-6-2-1-3-7-16/h1-9,11-14H,10,15H2. The summed E-state index contributed by atoms with van der Waals surface area (Å²) in [6.45, 7) is 0. The first-order chi connectivity index (χ1) is 14.1. The zero-order valence-corrected chi connectivity index (χ0v) is 16.2. The number of hydrogen-bond donors (Lipinski definition) is 0. The molecule has 4 aromatic rings. The summed E-state index contributed by atoms with van der Waals surface area (Å²) in [6.07, 6.45) is 0.672. The van der Waals surface area contributed by atoms with E-state index in [4.69, 9.17) is 20.8 Å². The molecule has 4 rings (SSSR count). The summed E-state index contributed by atoms with van der Waals surface area (Å²) >= 11 is 5.97. The Balaban J connectivity index is 1.70. The minimum atomic E-state index is -0.494. The van der Waals surface area contributed by atoms with Crippen molar-refractivity contribution in [1.82, 2.24) is 0 Å². The predicted molar refractivity (Wildman–Crippen MR) is 113 cm³/mol. The second kappa shape index (κ2) is 8.33. The van der Waals surface area contributed by atoms with E-state index in [1.807, 2.05) is 30.3 Å². The van der Waals surface area contributed by atoms with Crippen LogP contribution in [0.3, 0.4) is 0 Å². The molecule has 0 aliphatic heterocycles. The van der Waals surface area contributed by atoms with Gasteiger partial charge >= 0.3 is 5.97 Å². The first kappa shape index (κ1) is 19.0. The first-order valence-electron chi connectivity index (χ1n) is 9.18. The van der Waals surface area contributed by atoms with Crippen molar-refractivity contribution in [1.29, 1.82) is 0 Å². The Bertz CT molecular complexity index is 1210. The Morgan fingerprint density at radius 1 is 0.897 bits per heavy atom. The molecule has 0 aliphatic carbocycles. The Morgan fingerprint density at radius 3 is 2.34 bits per heavy atom. The predicted octanol–water partition coefficient (Wildman–Crippen LogP) is 5.65. The number of para-hydroxylation sites is 1. The molecule has 0 unspecified atom stereocenters. The van der Waals surface area contributed by atoms with E-state index in [-0.39, 0.29) is 23.4 Å². The molecular weight excluding hydrogens is 388 g/mol. The van der Waals surface area contributed by atoms with Crippen molar-refractivity contribution < 1.29 is 13.9 Å². The zero-order chi connectivity index (χ0) is 20.2. The van der Waals surface area contributed by atoms with E-state index in [0.717, 1.165) is 5.56 Å². The van der Waals surface area contributed by atoms with Crippen LogP contribution >= 0.6 is 11.6 Å². The molecule has 0 bridgehead atoms. The van der Waals surface area contributed by atoms with Gasteiger partial charge in [0.05, 0.1) is 5.39 Å². The molecular formula is C24H17ClO4. The fraction of sp³-hybridized carbons (Fsp3) is 0.0833. The highest BCUT2D eigenvalue weighted by molar-refractivity contribution is 6.30. The summed E-state index contributed by atoms with van der Waals surface area (Å²) in [6, 6.07) is 23.3. The van der Waals surface area contributed by atoms with Crippen molar-refractivity contribution in [2.75, 3.05) is 0 Å². The van der Waals surface area contributed by atoms with Crippen molar-refractivity contribution in [2.45, 2.75) is 12.8 Å². The highest BCUT2D eigenvalue weighted by atomic mass is 35.5. The van der Waals surface area contributed by atoms with Crippen molar-refractivity contribution in [3.05, 3.63) is 99.7 Å². The molecule has 0 amide bonds. The lowest BCUT2D eigenvalue weighted by atomic mass is 10.1. The average Bonchev–Trinajstić information content (AvgIpc) is 2.75. The van der Waals surface area contributed by atoms with Crippen LogP contribution in [-0.4, -0.2) is 5.97 Å². The number of ether oxygens (including phenoxy) is 1. The van der Waals surface area contributed by atoms with E-state index in [1.54, 1.807) is 48.5 Å². The normalized spacial score (nSPS) is 10.8. The highest BCUT2D eigenvalue weighted by Crippen LogP contribution is 2.31. The Hall–Kier alpha value is -3.37. The second-order valence-corrected chi connectivity index (χ2v) is 6.99. The van der Waals surface area contributed by atoms with E-state index >= 15 is 0 Å². The first-order valence-corrected chi connectivity index (χ1v) is 9.56. The largest absolute Gasteiger partial charge is 0.452 e.